The Kier molecular flexibility index (Phi) is 5.74. The largest absolute Gasteiger partial charge is 0.491 e. The highest BCUT2D eigenvalue weighted by Crippen LogP contribution is 2.20. The molecule has 1 aliphatic rings. The molecule has 2 aromatic carbocycles. The van der Waals surface area contributed by atoms with Gasteiger partial charge in [-0.1, -0.05) is 18.2 Å². The van der Waals surface area contributed by atoms with Crippen LogP contribution in [0.5, 0.6) is 5.75 Å². The number of amides is 2. The van der Waals surface area contributed by atoms with Crippen molar-refractivity contribution in [3.63, 3.8) is 0 Å². The van der Waals surface area contributed by atoms with Crippen molar-refractivity contribution < 1.29 is 18.7 Å². The van der Waals surface area contributed by atoms with Crippen LogP contribution < -0.4 is 4.74 Å². The van der Waals surface area contributed by atoms with Crippen LogP contribution >= 0.6 is 0 Å². The number of carbonyl (C=O) groups excluding carboxylic acids is 2. The molecule has 2 aromatic rings. The Balaban J connectivity index is 1.63. The Bertz CT molecular complexity index is 845. The quantitative estimate of drug-likeness (QED) is 0.831. The summed E-state index contributed by atoms with van der Waals surface area (Å²) in [7, 11) is 0. The van der Waals surface area contributed by atoms with Crippen LogP contribution in [0.15, 0.2) is 42.5 Å². The van der Waals surface area contributed by atoms with E-state index in [2.05, 4.69) is 0 Å². The van der Waals surface area contributed by atoms with Crippen LogP contribution in [0.25, 0.3) is 0 Å². The van der Waals surface area contributed by atoms with E-state index in [1.807, 2.05) is 31.2 Å². The van der Waals surface area contributed by atoms with Gasteiger partial charge in [-0.3, -0.25) is 9.59 Å². The fourth-order valence-electron chi connectivity index (χ4n) is 3.18. The minimum absolute atomic E-state index is 0.0210. The molecular formula is C21H23FN2O3. The summed E-state index contributed by atoms with van der Waals surface area (Å²) >= 11 is 0. The second-order valence-electron chi connectivity index (χ2n) is 6.48. The first-order chi connectivity index (χ1) is 13.0. The van der Waals surface area contributed by atoms with Crippen LogP contribution in [-0.4, -0.2) is 54.4 Å². The number of ether oxygens (including phenoxy) is 1. The topological polar surface area (TPSA) is 49.9 Å². The molecule has 1 aliphatic heterocycles. The maximum atomic E-state index is 14.0. The third-order valence-corrected chi connectivity index (χ3v) is 4.71. The number of carbonyl (C=O) groups is 2. The zero-order chi connectivity index (χ0) is 19.4. The third kappa shape index (κ3) is 4.10. The first-order valence-corrected chi connectivity index (χ1v) is 9.07. The van der Waals surface area contributed by atoms with Gasteiger partial charge >= 0.3 is 0 Å². The summed E-state index contributed by atoms with van der Waals surface area (Å²) in [5.41, 5.74) is 1.91. The second-order valence-corrected chi connectivity index (χ2v) is 6.48. The van der Waals surface area contributed by atoms with Crippen LogP contribution in [-0.2, 0) is 0 Å². The molecule has 2 amide bonds. The van der Waals surface area contributed by atoms with Crippen molar-refractivity contribution in [3.05, 3.63) is 65.0 Å². The summed E-state index contributed by atoms with van der Waals surface area (Å²) in [5, 5.41) is 0. The molecule has 0 saturated carbocycles. The second kappa shape index (κ2) is 8.20. The number of nitrogens with zero attached hydrogens (tertiary/aromatic N) is 2. The van der Waals surface area contributed by atoms with Crippen molar-refractivity contribution >= 4 is 11.8 Å². The van der Waals surface area contributed by atoms with E-state index < -0.39 is 5.82 Å². The van der Waals surface area contributed by atoms with Gasteiger partial charge in [-0.2, -0.15) is 0 Å². The molecule has 0 unspecified atom stereocenters. The lowest BCUT2D eigenvalue weighted by molar-refractivity contribution is 0.0534. The van der Waals surface area contributed by atoms with Crippen molar-refractivity contribution in [3.8, 4) is 5.75 Å². The van der Waals surface area contributed by atoms with Gasteiger partial charge in [0, 0.05) is 37.3 Å². The van der Waals surface area contributed by atoms with Gasteiger partial charge in [0.15, 0.2) is 11.6 Å². The van der Waals surface area contributed by atoms with Gasteiger partial charge in [-0.05, 0) is 43.7 Å². The molecule has 0 radical (unpaired) electrons. The molecule has 5 nitrogen and oxygen atoms in total. The minimum Gasteiger partial charge on any atom is -0.491 e. The number of hydrogen-bond donors (Lipinski definition) is 0. The van der Waals surface area contributed by atoms with Crippen LogP contribution in [0.4, 0.5) is 4.39 Å². The summed E-state index contributed by atoms with van der Waals surface area (Å²) in [5.74, 6) is -0.661. The average molecular weight is 370 g/mol. The zero-order valence-electron chi connectivity index (χ0n) is 15.6. The average Bonchev–Trinajstić information content (AvgIpc) is 2.69. The van der Waals surface area contributed by atoms with Crippen molar-refractivity contribution in [1.82, 2.24) is 9.80 Å². The van der Waals surface area contributed by atoms with E-state index in [0.717, 1.165) is 5.56 Å². The number of halogens is 1. The normalized spacial score (nSPS) is 14.2. The third-order valence-electron chi connectivity index (χ3n) is 4.71. The van der Waals surface area contributed by atoms with Crippen LogP contribution in [0.2, 0.25) is 0 Å². The lowest BCUT2D eigenvalue weighted by atomic mass is 10.1. The molecule has 0 N–H and O–H groups in total. The van der Waals surface area contributed by atoms with Crippen LogP contribution in [0, 0.1) is 12.7 Å². The minimum atomic E-state index is -0.545. The number of piperazine rings is 1. The van der Waals surface area contributed by atoms with E-state index in [1.165, 1.54) is 12.1 Å². The smallest absolute Gasteiger partial charge is 0.254 e. The van der Waals surface area contributed by atoms with Gasteiger partial charge in [-0.15, -0.1) is 0 Å². The molecule has 0 aromatic heterocycles. The highest BCUT2D eigenvalue weighted by molar-refractivity contribution is 5.96. The fourth-order valence-corrected chi connectivity index (χ4v) is 3.18. The number of hydrogen-bond acceptors (Lipinski definition) is 3. The molecular weight excluding hydrogens is 347 g/mol. The van der Waals surface area contributed by atoms with Gasteiger partial charge in [0.05, 0.1) is 6.61 Å². The lowest BCUT2D eigenvalue weighted by Gasteiger charge is -2.35. The van der Waals surface area contributed by atoms with Gasteiger partial charge in [0.1, 0.15) is 0 Å². The standard InChI is InChI=1S/C21H23FN2O3/c1-3-27-19-9-8-16(14-18(19)22)20(25)23-10-12-24(13-11-23)21(26)17-7-5-4-6-15(17)2/h4-9,14H,3,10-13H2,1-2H3. The Morgan fingerprint density at radius 3 is 2.22 bits per heavy atom. The summed E-state index contributed by atoms with van der Waals surface area (Å²) in [6.45, 7) is 5.80. The molecule has 1 heterocycles. The SMILES string of the molecule is CCOc1ccc(C(=O)N2CCN(C(=O)c3ccccc3C)CC2)cc1F. The molecule has 142 valence electrons. The van der Waals surface area contributed by atoms with E-state index >= 15 is 0 Å². The van der Waals surface area contributed by atoms with Crippen molar-refractivity contribution in [2.75, 3.05) is 32.8 Å². The Labute approximate surface area is 158 Å². The summed E-state index contributed by atoms with van der Waals surface area (Å²) < 4.78 is 19.2. The van der Waals surface area contributed by atoms with Crippen molar-refractivity contribution in [2.24, 2.45) is 0 Å². The molecule has 3 rings (SSSR count). The highest BCUT2D eigenvalue weighted by Gasteiger charge is 2.26. The molecule has 0 aliphatic carbocycles. The monoisotopic (exact) mass is 370 g/mol. The Morgan fingerprint density at radius 1 is 1.00 bits per heavy atom. The maximum absolute atomic E-state index is 14.0. The first kappa shape index (κ1) is 18.9. The predicted octanol–water partition coefficient (Wildman–Crippen LogP) is 3.13. The summed E-state index contributed by atoms with van der Waals surface area (Å²) in [6, 6.07) is 11.7. The molecule has 1 saturated heterocycles. The molecule has 6 heteroatoms. The van der Waals surface area contributed by atoms with Gasteiger partial charge in [0.2, 0.25) is 0 Å². The number of rotatable bonds is 4. The fraction of sp³-hybridized carbons (Fsp3) is 0.333. The van der Waals surface area contributed by atoms with Gasteiger partial charge in [-0.25, -0.2) is 4.39 Å². The summed E-state index contributed by atoms with van der Waals surface area (Å²) in [6.07, 6.45) is 0. The highest BCUT2D eigenvalue weighted by atomic mass is 19.1. The van der Waals surface area contributed by atoms with Crippen LogP contribution in [0.1, 0.15) is 33.2 Å². The van der Waals surface area contributed by atoms with E-state index in [0.29, 0.717) is 38.3 Å². The van der Waals surface area contributed by atoms with E-state index in [1.54, 1.807) is 22.8 Å². The van der Waals surface area contributed by atoms with Crippen molar-refractivity contribution in [1.29, 1.82) is 0 Å². The summed E-state index contributed by atoms with van der Waals surface area (Å²) in [4.78, 5) is 28.7. The molecule has 1 fully saturated rings. The van der Waals surface area contributed by atoms with Crippen LogP contribution in [0.3, 0.4) is 0 Å². The molecule has 0 atom stereocenters. The zero-order valence-corrected chi connectivity index (χ0v) is 15.6. The molecule has 0 spiro atoms. The Morgan fingerprint density at radius 2 is 1.63 bits per heavy atom. The van der Waals surface area contributed by atoms with E-state index in [4.69, 9.17) is 4.74 Å². The van der Waals surface area contributed by atoms with Crippen molar-refractivity contribution in [2.45, 2.75) is 13.8 Å². The maximum Gasteiger partial charge on any atom is 0.254 e. The predicted molar refractivity (Wildman–Crippen MR) is 101 cm³/mol. The van der Waals surface area contributed by atoms with Gasteiger partial charge in [0.25, 0.3) is 11.8 Å². The first-order valence-electron chi connectivity index (χ1n) is 9.07. The van der Waals surface area contributed by atoms with E-state index in [-0.39, 0.29) is 23.1 Å². The van der Waals surface area contributed by atoms with Gasteiger partial charge < -0.3 is 14.5 Å². The molecule has 0 bridgehead atoms. The molecule has 27 heavy (non-hydrogen) atoms. The number of benzene rings is 2. The Hall–Kier alpha value is -2.89. The lowest BCUT2D eigenvalue weighted by Crippen LogP contribution is -2.50. The number of aryl methyl sites for hydroxylation is 1. The van der Waals surface area contributed by atoms with E-state index in [9.17, 15) is 14.0 Å².